The molecule has 6 rings (SSSR count). The van der Waals surface area contributed by atoms with Gasteiger partial charge in [0.05, 0.1) is 23.7 Å². The molecule has 194 valence electrons. The van der Waals surface area contributed by atoms with Crippen molar-refractivity contribution in [2.24, 2.45) is 0 Å². The van der Waals surface area contributed by atoms with Gasteiger partial charge in [0.1, 0.15) is 5.82 Å². The zero-order valence-electron chi connectivity index (χ0n) is 21.6. The number of aromatic nitrogens is 4. The number of anilines is 2. The lowest BCUT2D eigenvalue weighted by Gasteiger charge is -2.35. The van der Waals surface area contributed by atoms with E-state index in [-0.39, 0.29) is 5.91 Å². The van der Waals surface area contributed by atoms with Gasteiger partial charge in [-0.1, -0.05) is 30.3 Å². The highest BCUT2D eigenvalue weighted by Crippen LogP contribution is 2.26. The van der Waals surface area contributed by atoms with Crippen molar-refractivity contribution >= 4 is 28.4 Å². The molecule has 5 aromatic rings. The maximum atomic E-state index is 12.4. The summed E-state index contributed by atoms with van der Waals surface area (Å²) < 4.78 is 0. The lowest BCUT2D eigenvalue weighted by Crippen LogP contribution is -2.46. The molecular formula is C31H29N7O. The number of hydrogen-bond acceptors (Lipinski definition) is 7. The molecule has 1 N–H and O–H groups in total. The molecule has 0 unspecified atom stereocenters. The first-order valence-electron chi connectivity index (χ1n) is 13.1. The van der Waals surface area contributed by atoms with Gasteiger partial charge < -0.3 is 10.2 Å². The number of piperazine rings is 1. The number of hydrogen-bond donors (Lipinski definition) is 1. The molecule has 39 heavy (non-hydrogen) atoms. The van der Waals surface area contributed by atoms with E-state index in [1.165, 1.54) is 5.56 Å². The Bertz CT molecular complexity index is 1550. The molecule has 0 spiro atoms. The largest absolute Gasteiger partial charge is 0.353 e. The number of carbonyl (C=O) groups is 1. The molecule has 0 saturated carbocycles. The van der Waals surface area contributed by atoms with E-state index < -0.39 is 0 Å². The van der Waals surface area contributed by atoms with Gasteiger partial charge in [-0.05, 0) is 58.7 Å². The van der Waals surface area contributed by atoms with Crippen LogP contribution in [0.1, 0.15) is 11.1 Å². The van der Waals surface area contributed by atoms with Gasteiger partial charge in [-0.2, -0.15) is 0 Å². The fourth-order valence-corrected chi connectivity index (χ4v) is 4.86. The monoisotopic (exact) mass is 515 g/mol. The number of carbonyl (C=O) groups excluding carboxylic acids is 1. The Kier molecular flexibility index (Phi) is 7.18. The summed E-state index contributed by atoms with van der Waals surface area (Å²) in [6.07, 6.45) is 9.33. The second kappa shape index (κ2) is 11.4. The number of fused-ring (bicyclic) bond motifs is 1. The van der Waals surface area contributed by atoms with Crippen LogP contribution in [0.2, 0.25) is 0 Å². The Labute approximate surface area is 227 Å². The van der Waals surface area contributed by atoms with Crippen molar-refractivity contribution in [3.05, 3.63) is 109 Å². The molecule has 0 bridgehead atoms. The van der Waals surface area contributed by atoms with Crippen molar-refractivity contribution in [1.29, 1.82) is 0 Å². The fourth-order valence-electron chi connectivity index (χ4n) is 4.86. The maximum Gasteiger partial charge on any atom is 0.228 e. The molecular weight excluding hydrogens is 486 g/mol. The molecule has 4 heterocycles. The summed E-state index contributed by atoms with van der Waals surface area (Å²) in [7, 11) is 0. The minimum atomic E-state index is -0.0674. The van der Waals surface area contributed by atoms with Crippen molar-refractivity contribution in [3.63, 3.8) is 0 Å². The quantitative estimate of drug-likeness (QED) is 0.339. The SMILES string of the molecule is O=C(Cc1cccnc1)Nc1ccc(-c2ccc3ncc(N4CCN(Cc5cccnc5)CC4)nc3c2)cc1. The van der Waals surface area contributed by atoms with Crippen LogP contribution < -0.4 is 10.2 Å². The van der Waals surface area contributed by atoms with Gasteiger partial charge >= 0.3 is 0 Å². The fraction of sp³-hybridized carbons (Fsp3) is 0.194. The van der Waals surface area contributed by atoms with Crippen LogP contribution in [0.25, 0.3) is 22.2 Å². The Morgan fingerprint density at radius 3 is 2.21 bits per heavy atom. The molecule has 1 amide bonds. The summed E-state index contributed by atoms with van der Waals surface area (Å²) in [5.74, 6) is 0.842. The Morgan fingerprint density at radius 1 is 0.769 bits per heavy atom. The third-order valence-electron chi connectivity index (χ3n) is 6.94. The van der Waals surface area contributed by atoms with Gasteiger partial charge in [-0.15, -0.1) is 0 Å². The van der Waals surface area contributed by atoms with Crippen LogP contribution >= 0.6 is 0 Å². The number of amides is 1. The first-order chi connectivity index (χ1) is 19.2. The second-order valence-electron chi connectivity index (χ2n) is 9.72. The molecule has 8 heteroatoms. The van der Waals surface area contributed by atoms with E-state index in [4.69, 9.17) is 4.98 Å². The van der Waals surface area contributed by atoms with Crippen molar-refractivity contribution in [2.45, 2.75) is 13.0 Å². The van der Waals surface area contributed by atoms with Gasteiger partial charge in [0.15, 0.2) is 0 Å². The molecule has 1 fully saturated rings. The molecule has 2 aromatic carbocycles. The molecule has 0 radical (unpaired) electrons. The summed E-state index contributed by atoms with van der Waals surface area (Å²) in [6, 6.07) is 21.9. The molecule has 0 atom stereocenters. The zero-order chi connectivity index (χ0) is 26.4. The third-order valence-corrected chi connectivity index (χ3v) is 6.94. The van der Waals surface area contributed by atoms with E-state index in [2.05, 4.69) is 48.3 Å². The van der Waals surface area contributed by atoms with Gasteiger partial charge in [0.25, 0.3) is 0 Å². The average molecular weight is 516 g/mol. The summed E-state index contributed by atoms with van der Waals surface area (Å²) in [5, 5.41) is 2.96. The molecule has 1 aliphatic rings. The predicted octanol–water partition coefficient (Wildman–Crippen LogP) is 4.59. The van der Waals surface area contributed by atoms with Crippen molar-refractivity contribution in [3.8, 4) is 11.1 Å². The van der Waals surface area contributed by atoms with Crippen LogP contribution in [0.15, 0.2) is 97.7 Å². The van der Waals surface area contributed by atoms with Crippen LogP contribution in [0, 0.1) is 0 Å². The van der Waals surface area contributed by atoms with E-state index in [9.17, 15) is 4.79 Å². The van der Waals surface area contributed by atoms with Gasteiger partial charge in [-0.25, -0.2) is 4.98 Å². The molecule has 0 aliphatic carbocycles. The van der Waals surface area contributed by atoms with Crippen molar-refractivity contribution in [1.82, 2.24) is 24.8 Å². The Hall–Kier alpha value is -4.69. The summed E-state index contributed by atoms with van der Waals surface area (Å²) in [4.78, 5) is 35.1. The first kappa shape index (κ1) is 24.6. The smallest absolute Gasteiger partial charge is 0.228 e. The standard InChI is InChI=1S/C31H29N7O/c39-31(17-23-3-1-11-32-19-23)35-27-8-5-25(6-9-27)26-7-10-28-29(18-26)36-30(21-34-28)38-15-13-37(14-16-38)22-24-4-2-12-33-20-24/h1-12,18-21H,13-17,22H2,(H,35,39). The molecule has 3 aromatic heterocycles. The predicted molar refractivity (Wildman–Crippen MR) is 153 cm³/mol. The summed E-state index contributed by atoms with van der Waals surface area (Å²) in [6.45, 7) is 4.68. The maximum absolute atomic E-state index is 12.4. The minimum absolute atomic E-state index is 0.0674. The first-order valence-corrected chi connectivity index (χ1v) is 13.1. The van der Waals surface area contributed by atoms with E-state index in [1.54, 1.807) is 12.4 Å². The minimum Gasteiger partial charge on any atom is -0.353 e. The molecule has 8 nitrogen and oxygen atoms in total. The Balaban J connectivity index is 1.11. The number of pyridine rings is 2. The lowest BCUT2D eigenvalue weighted by atomic mass is 10.0. The molecule has 1 saturated heterocycles. The third kappa shape index (κ3) is 6.08. The van der Waals surface area contributed by atoms with Gasteiger partial charge in [-0.3, -0.25) is 24.6 Å². The lowest BCUT2D eigenvalue weighted by molar-refractivity contribution is -0.115. The van der Waals surface area contributed by atoms with Gasteiger partial charge in [0, 0.05) is 63.2 Å². The normalized spacial score (nSPS) is 13.9. The highest BCUT2D eigenvalue weighted by atomic mass is 16.1. The highest BCUT2D eigenvalue weighted by molar-refractivity contribution is 5.92. The van der Waals surface area contributed by atoms with E-state index in [1.807, 2.05) is 67.1 Å². The van der Waals surface area contributed by atoms with Crippen LogP contribution in [-0.2, 0) is 17.8 Å². The van der Waals surface area contributed by atoms with Crippen molar-refractivity contribution in [2.75, 3.05) is 36.4 Å². The van der Waals surface area contributed by atoms with Gasteiger partial charge in [0.2, 0.25) is 5.91 Å². The zero-order valence-corrected chi connectivity index (χ0v) is 21.6. The number of rotatable bonds is 7. The van der Waals surface area contributed by atoms with E-state index in [0.717, 1.165) is 72.0 Å². The number of benzene rings is 2. The average Bonchev–Trinajstić information content (AvgIpc) is 2.98. The topological polar surface area (TPSA) is 87.1 Å². The van der Waals surface area contributed by atoms with Crippen LogP contribution in [0.5, 0.6) is 0 Å². The highest BCUT2D eigenvalue weighted by Gasteiger charge is 2.19. The number of nitrogens with zero attached hydrogens (tertiary/aromatic N) is 6. The van der Waals surface area contributed by atoms with E-state index >= 15 is 0 Å². The van der Waals surface area contributed by atoms with Crippen LogP contribution in [-0.4, -0.2) is 56.9 Å². The van der Waals surface area contributed by atoms with E-state index in [0.29, 0.717) is 6.42 Å². The van der Waals surface area contributed by atoms with Crippen LogP contribution in [0.3, 0.4) is 0 Å². The number of nitrogens with one attached hydrogen (secondary N) is 1. The Morgan fingerprint density at radius 2 is 1.49 bits per heavy atom. The second-order valence-corrected chi connectivity index (χ2v) is 9.72. The molecule has 1 aliphatic heterocycles. The van der Waals surface area contributed by atoms with Crippen molar-refractivity contribution < 1.29 is 4.79 Å². The summed E-state index contributed by atoms with van der Waals surface area (Å²) in [5.41, 5.74) is 6.74. The summed E-state index contributed by atoms with van der Waals surface area (Å²) >= 11 is 0. The van der Waals surface area contributed by atoms with Crippen LogP contribution in [0.4, 0.5) is 11.5 Å².